The minimum atomic E-state index is -0.182. The fraction of sp³-hybridized carbons (Fsp3) is 0.154. The second-order valence-electron chi connectivity index (χ2n) is 3.69. The van der Waals surface area contributed by atoms with E-state index in [9.17, 15) is 4.79 Å². The van der Waals surface area contributed by atoms with E-state index < -0.39 is 0 Å². The van der Waals surface area contributed by atoms with Crippen LogP contribution < -0.4 is 5.32 Å². The van der Waals surface area contributed by atoms with Crippen molar-refractivity contribution >= 4 is 11.6 Å². The van der Waals surface area contributed by atoms with E-state index in [0.29, 0.717) is 0 Å². The smallest absolute Gasteiger partial charge is 0.250 e. The van der Waals surface area contributed by atoms with Gasteiger partial charge in [0, 0.05) is 30.8 Å². The third kappa shape index (κ3) is 3.11. The number of benzene rings is 1. The van der Waals surface area contributed by atoms with Gasteiger partial charge < -0.3 is 10.1 Å². The highest BCUT2D eigenvalue weighted by atomic mass is 16.5. The van der Waals surface area contributed by atoms with Crippen molar-refractivity contribution in [3.05, 3.63) is 43.0 Å². The van der Waals surface area contributed by atoms with Crippen LogP contribution in [0.5, 0.6) is 0 Å². The number of nitrogens with one attached hydrogen (secondary N) is 1. The maximum atomic E-state index is 11.4. The molecule has 0 aliphatic heterocycles. The standard InChI is InChI=1S/C13H13N3O2/c1-18-8-13(17)16-12-4-2-3-10(5-12)11-6-14-9-15-7-11/h2-7,9H,8H2,1H3,(H,16,17). The molecule has 92 valence electrons. The number of nitrogens with zero attached hydrogens (tertiary/aromatic N) is 2. The van der Waals surface area contributed by atoms with Crippen molar-refractivity contribution in [3.63, 3.8) is 0 Å². The molecule has 0 spiro atoms. The molecule has 0 bridgehead atoms. The molecule has 0 radical (unpaired) electrons. The van der Waals surface area contributed by atoms with Gasteiger partial charge >= 0.3 is 0 Å². The van der Waals surface area contributed by atoms with Gasteiger partial charge in [-0.3, -0.25) is 4.79 Å². The van der Waals surface area contributed by atoms with Crippen molar-refractivity contribution in [1.29, 1.82) is 0 Å². The van der Waals surface area contributed by atoms with E-state index in [1.807, 2.05) is 24.3 Å². The van der Waals surface area contributed by atoms with E-state index in [0.717, 1.165) is 16.8 Å². The summed E-state index contributed by atoms with van der Waals surface area (Å²) in [4.78, 5) is 19.3. The van der Waals surface area contributed by atoms with Crippen LogP contribution in [0.4, 0.5) is 5.69 Å². The number of methoxy groups -OCH3 is 1. The molecule has 1 aromatic heterocycles. The van der Waals surface area contributed by atoms with Crippen LogP contribution in [0.2, 0.25) is 0 Å². The fourth-order valence-electron chi connectivity index (χ4n) is 1.55. The lowest BCUT2D eigenvalue weighted by molar-refractivity contribution is -0.119. The molecular formula is C13H13N3O2. The first-order valence-corrected chi connectivity index (χ1v) is 5.44. The fourth-order valence-corrected chi connectivity index (χ4v) is 1.55. The molecule has 0 unspecified atom stereocenters. The van der Waals surface area contributed by atoms with Crippen molar-refractivity contribution in [3.8, 4) is 11.1 Å². The molecule has 0 atom stereocenters. The van der Waals surface area contributed by atoms with Crippen molar-refractivity contribution in [2.45, 2.75) is 0 Å². The Labute approximate surface area is 105 Å². The second kappa shape index (κ2) is 5.88. The van der Waals surface area contributed by atoms with Crippen LogP contribution in [0, 0.1) is 0 Å². The first-order chi connectivity index (χ1) is 8.79. The first-order valence-electron chi connectivity index (χ1n) is 5.44. The lowest BCUT2D eigenvalue weighted by atomic mass is 10.1. The Hall–Kier alpha value is -2.27. The summed E-state index contributed by atoms with van der Waals surface area (Å²) in [5.41, 5.74) is 2.57. The van der Waals surface area contributed by atoms with Gasteiger partial charge in [-0.2, -0.15) is 0 Å². The number of rotatable bonds is 4. The Kier molecular flexibility index (Phi) is 3.98. The molecule has 18 heavy (non-hydrogen) atoms. The number of hydrogen-bond donors (Lipinski definition) is 1. The lowest BCUT2D eigenvalue weighted by Gasteiger charge is -2.06. The summed E-state index contributed by atoms with van der Waals surface area (Å²) < 4.78 is 4.76. The second-order valence-corrected chi connectivity index (χ2v) is 3.69. The Morgan fingerprint density at radius 2 is 2.06 bits per heavy atom. The van der Waals surface area contributed by atoms with Crippen molar-refractivity contribution in [2.75, 3.05) is 19.0 Å². The minimum absolute atomic E-state index is 0.0404. The summed E-state index contributed by atoms with van der Waals surface area (Å²) >= 11 is 0. The molecule has 1 aromatic carbocycles. The first kappa shape index (κ1) is 12.2. The summed E-state index contributed by atoms with van der Waals surface area (Å²) in [5.74, 6) is -0.182. The predicted molar refractivity (Wildman–Crippen MR) is 68.0 cm³/mol. The van der Waals surface area contributed by atoms with Gasteiger partial charge in [-0.15, -0.1) is 0 Å². The monoisotopic (exact) mass is 243 g/mol. The topological polar surface area (TPSA) is 64.1 Å². The van der Waals surface area contributed by atoms with Crippen LogP contribution >= 0.6 is 0 Å². The van der Waals surface area contributed by atoms with E-state index in [2.05, 4.69) is 15.3 Å². The highest BCUT2D eigenvalue weighted by molar-refractivity contribution is 5.92. The van der Waals surface area contributed by atoms with Crippen molar-refractivity contribution in [2.24, 2.45) is 0 Å². The van der Waals surface area contributed by atoms with Crippen LogP contribution in [0.1, 0.15) is 0 Å². The average molecular weight is 243 g/mol. The van der Waals surface area contributed by atoms with E-state index in [-0.39, 0.29) is 12.5 Å². The minimum Gasteiger partial charge on any atom is -0.375 e. The molecule has 5 nitrogen and oxygen atoms in total. The highest BCUT2D eigenvalue weighted by Gasteiger charge is 2.03. The zero-order valence-electron chi connectivity index (χ0n) is 9.96. The van der Waals surface area contributed by atoms with Gasteiger partial charge in [0.25, 0.3) is 0 Å². The lowest BCUT2D eigenvalue weighted by Crippen LogP contribution is -2.16. The number of anilines is 1. The number of hydrogen-bond acceptors (Lipinski definition) is 4. The summed E-state index contributed by atoms with van der Waals surface area (Å²) in [7, 11) is 1.48. The predicted octanol–water partition coefficient (Wildman–Crippen LogP) is 1.73. The van der Waals surface area contributed by atoms with E-state index in [1.54, 1.807) is 12.4 Å². The zero-order chi connectivity index (χ0) is 12.8. The van der Waals surface area contributed by atoms with Crippen LogP contribution in [0.25, 0.3) is 11.1 Å². The molecule has 1 heterocycles. The van der Waals surface area contributed by atoms with Gasteiger partial charge in [-0.1, -0.05) is 12.1 Å². The quantitative estimate of drug-likeness (QED) is 0.888. The average Bonchev–Trinajstić information content (AvgIpc) is 2.40. The summed E-state index contributed by atoms with van der Waals surface area (Å²) in [6, 6.07) is 7.49. The molecule has 1 amide bonds. The number of carbonyl (C=O) groups is 1. The molecule has 0 aliphatic rings. The molecule has 2 rings (SSSR count). The normalized spacial score (nSPS) is 10.1. The van der Waals surface area contributed by atoms with Gasteiger partial charge in [-0.25, -0.2) is 9.97 Å². The SMILES string of the molecule is COCC(=O)Nc1cccc(-c2cncnc2)c1. The zero-order valence-corrected chi connectivity index (χ0v) is 9.96. The number of ether oxygens (including phenoxy) is 1. The summed E-state index contributed by atoms with van der Waals surface area (Å²) in [6.07, 6.45) is 4.93. The largest absolute Gasteiger partial charge is 0.375 e. The van der Waals surface area contributed by atoms with Crippen molar-refractivity contribution in [1.82, 2.24) is 9.97 Å². The van der Waals surface area contributed by atoms with Gasteiger partial charge in [0.2, 0.25) is 5.91 Å². The molecule has 2 aromatic rings. The molecule has 0 aliphatic carbocycles. The third-order valence-electron chi connectivity index (χ3n) is 2.32. The number of carbonyl (C=O) groups excluding carboxylic acids is 1. The maximum Gasteiger partial charge on any atom is 0.250 e. The van der Waals surface area contributed by atoms with Crippen LogP contribution in [0.3, 0.4) is 0 Å². The Morgan fingerprint density at radius 1 is 1.28 bits per heavy atom. The Balaban J connectivity index is 2.18. The van der Waals surface area contributed by atoms with Gasteiger partial charge in [-0.05, 0) is 17.7 Å². The van der Waals surface area contributed by atoms with Gasteiger partial charge in [0.1, 0.15) is 12.9 Å². The maximum absolute atomic E-state index is 11.4. The van der Waals surface area contributed by atoms with E-state index >= 15 is 0 Å². The molecule has 1 N–H and O–H groups in total. The van der Waals surface area contributed by atoms with Crippen molar-refractivity contribution < 1.29 is 9.53 Å². The van der Waals surface area contributed by atoms with Crippen LogP contribution in [-0.2, 0) is 9.53 Å². The third-order valence-corrected chi connectivity index (χ3v) is 2.32. The molecule has 5 heteroatoms. The molecule has 0 saturated carbocycles. The van der Waals surface area contributed by atoms with E-state index in [4.69, 9.17) is 4.74 Å². The van der Waals surface area contributed by atoms with Gasteiger partial charge in [0.15, 0.2) is 0 Å². The Morgan fingerprint density at radius 3 is 2.78 bits per heavy atom. The highest BCUT2D eigenvalue weighted by Crippen LogP contribution is 2.20. The number of aromatic nitrogens is 2. The van der Waals surface area contributed by atoms with Crippen LogP contribution in [0.15, 0.2) is 43.0 Å². The summed E-state index contributed by atoms with van der Waals surface area (Å²) in [5, 5.41) is 2.75. The van der Waals surface area contributed by atoms with E-state index in [1.165, 1.54) is 13.4 Å². The Bertz CT molecular complexity index is 529. The number of amides is 1. The molecule has 0 saturated heterocycles. The molecular weight excluding hydrogens is 230 g/mol. The molecule has 0 fully saturated rings. The van der Waals surface area contributed by atoms with Gasteiger partial charge in [0.05, 0.1) is 0 Å². The van der Waals surface area contributed by atoms with Crippen LogP contribution in [-0.4, -0.2) is 29.6 Å². The summed E-state index contributed by atoms with van der Waals surface area (Å²) in [6.45, 7) is 0.0404.